The number of aromatic nitrogens is 2. The number of hydrogen-bond acceptors (Lipinski definition) is 4. The first-order valence-electron chi connectivity index (χ1n) is 7.84. The van der Waals surface area contributed by atoms with Crippen molar-refractivity contribution >= 4 is 5.52 Å². The van der Waals surface area contributed by atoms with Gasteiger partial charge in [-0.05, 0) is 50.2 Å². The monoisotopic (exact) mass is 286 g/mol. The highest BCUT2D eigenvalue weighted by Crippen LogP contribution is 2.47. The maximum atomic E-state index is 6.04. The molecular weight excluding hydrogens is 264 g/mol. The van der Waals surface area contributed by atoms with Gasteiger partial charge in [0.15, 0.2) is 0 Å². The summed E-state index contributed by atoms with van der Waals surface area (Å²) >= 11 is 0. The van der Waals surface area contributed by atoms with Crippen molar-refractivity contribution in [1.29, 1.82) is 0 Å². The summed E-state index contributed by atoms with van der Waals surface area (Å²) in [5.74, 6) is 6.42. The Labute approximate surface area is 124 Å². The van der Waals surface area contributed by atoms with E-state index in [1.165, 1.54) is 24.8 Å². The summed E-state index contributed by atoms with van der Waals surface area (Å²) < 4.78 is 7.96. The number of hydrazine groups is 1. The molecule has 1 saturated heterocycles. The summed E-state index contributed by atoms with van der Waals surface area (Å²) in [5, 5.41) is 4.44. The first kappa shape index (κ1) is 13.2. The fourth-order valence-electron chi connectivity index (χ4n) is 3.94. The number of ether oxygens (including phenoxy) is 1. The molecule has 0 aromatic carbocycles. The molecule has 1 saturated carbocycles. The molecule has 0 radical (unpaired) electrons. The highest BCUT2D eigenvalue weighted by Gasteiger charge is 2.44. The van der Waals surface area contributed by atoms with Gasteiger partial charge in [-0.2, -0.15) is 5.10 Å². The predicted octanol–water partition coefficient (Wildman–Crippen LogP) is 2.19. The average Bonchev–Trinajstić information content (AvgIpc) is 2.91. The lowest BCUT2D eigenvalue weighted by Crippen LogP contribution is -2.48. The molecule has 5 nitrogen and oxygen atoms in total. The number of fused-ring (bicyclic) bond motifs is 1. The quantitative estimate of drug-likeness (QED) is 0.670. The van der Waals surface area contributed by atoms with Crippen LogP contribution in [0.1, 0.15) is 43.7 Å². The van der Waals surface area contributed by atoms with Crippen molar-refractivity contribution in [1.82, 2.24) is 15.0 Å². The zero-order valence-corrected chi connectivity index (χ0v) is 12.2. The van der Waals surface area contributed by atoms with E-state index in [2.05, 4.69) is 16.6 Å². The SMILES string of the molecule is NNC(c1cnn2ccccc12)C1CCOC2(CCC2)C1. The lowest BCUT2D eigenvalue weighted by atomic mass is 9.70. The minimum atomic E-state index is 0.140. The van der Waals surface area contributed by atoms with Crippen LogP contribution in [-0.4, -0.2) is 21.8 Å². The van der Waals surface area contributed by atoms with Gasteiger partial charge in [0.25, 0.3) is 0 Å². The van der Waals surface area contributed by atoms with Crippen LogP contribution in [0.15, 0.2) is 30.6 Å². The molecule has 1 aliphatic heterocycles. The van der Waals surface area contributed by atoms with Crippen LogP contribution in [0.3, 0.4) is 0 Å². The van der Waals surface area contributed by atoms with Gasteiger partial charge in [-0.1, -0.05) is 6.07 Å². The van der Waals surface area contributed by atoms with E-state index in [4.69, 9.17) is 10.6 Å². The van der Waals surface area contributed by atoms with Crippen molar-refractivity contribution in [3.63, 3.8) is 0 Å². The van der Waals surface area contributed by atoms with Crippen LogP contribution in [0.25, 0.3) is 5.52 Å². The summed E-state index contributed by atoms with van der Waals surface area (Å²) in [7, 11) is 0. The smallest absolute Gasteiger partial charge is 0.0710 e. The molecule has 1 spiro atoms. The third kappa shape index (κ3) is 2.16. The van der Waals surface area contributed by atoms with Gasteiger partial charge in [0.05, 0.1) is 23.4 Å². The Balaban J connectivity index is 1.64. The van der Waals surface area contributed by atoms with Crippen molar-refractivity contribution in [2.24, 2.45) is 11.8 Å². The third-order valence-electron chi connectivity index (χ3n) is 5.24. The molecule has 21 heavy (non-hydrogen) atoms. The molecule has 2 unspecified atom stereocenters. The molecule has 5 heteroatoms. The Hall–Kier alpha value is -1.43. The van der Waals surface area contributed by atoms with Gasteiger partial charge < -0.3 is 4.74 Å². The summed E-state index contributed by atoms with van der Waals surface area (Å²) in [6.45, 7) is 0.849. The molecule has 2 aromatic rings. The van der Waals surface area contributed by atoms with Gasteiger partial charge in [-0.3, -0.25) is 11.3 Å². The van der Waals surface area contributed by atoms with Gasteiger partial charge in [0.2, 0.25) is 0 Å². The van der Waals surface area contributed by atoms with E-state index in [1.807, 2.05) is 29.0 Å². The summed E-state index contributed by atoms with van der Waals surface area (Å²) in [6.07, 6.45) is 9.79. The highest BCUT2D eigenvalue weighted by atomic mass is 16.5. The minimum Gasteiger partial charge on any atom is -0.375 e. The van der Waals surface area contributed by atoms with Crippen LogP contribution in [0.2, 0.25) is 0 Å². The second-order valence-corrected chi connectivity index (χ2v) is 6.41. The molecule has 2 aliphatic rings. The van der Waals surface area contributed by atoms with Crippen molar-refractivity contribution in [2.75, 3.05) is 6.61 Å². The van der Waals surface area contributed by atoms with Crippen LogP contribution in [0.5, 0.6) is 0 Å². The van der Waals surface area contributed by atoms with Crippen molar-refractivity contribution < 1.29 is 4.74 Å². The molecular formula is C16H22N4O. The van der Waals surface area contributed by atoms with E-state index in [9.17, 15) is 0 Å². The van der Waals surface area contributed by atoms with Gasteiger partial charge >= 0.3 is 0 Å². The summed E-state index contributed by atoms with van der Waals surface area (Å²) in [6, 6.07) is 6.29. The number of hydrogen-bond donors (Lipinski definition) is 2. The number of rotatable bonds is 3. The molecule has 0 amide bonds. The normalized spacial score (nSPS) is 25.9. The second-order valence-electron chi connectivity index (χ2n) is 6.41. The van der Waals surface area contributed by atoms with Gasteiger partial charge in [-0.15, -0.1) is 0 Å². The predicted molar refractivity (Wildman–Crippen MR) is 80.5 cm³/mol. The van der Waals surface area contributed by atoms with Crippen molar-refractivity contribution in [3.05, 3.63) is 36.2 Å². The molecule has 0 bridgehead atoms. The number of pyridine rings is 1. The van der Waals surface area contributed by atoms with E-state index in [0.29, 0.717) is 5.92 Å². The lowest BCUT2D eigenvalue weighted by molar-refractivity contribution is -0.147. The zero-order valence-electron chi connectivity index (χ0n) is 12.2. The van der Waals surface area contributed by atoms with E-state index in [-0.39, 0.29) is 11.6 Å². The van der Waals surface area contributed by atoms with E-state index >= 15 is 0 Å². The van der Waals surface area contributed by atoms with Crippen LogP contribution in [0, 0.1) is 5.92 Å². The van der Waals surface area contributed by atoms with Crippen LogP contribution in [0.4, 0.5) is 0 Å². The van der Waals surface area contributed by atoms with Gasteiger partial charge in [0, 0.05) is 18.4 Å². The maximum Gasteiger partial charge on any atom is 0.0710 e. The number of nitrogens with two attached hydrogens (primary N) is 1. The number of nitrogens with zero attached hydrogens (tertiary/aromatic N) is 2. The first-order chi connectivity index (χ1) is 10.3. The first-order valence-corrected chi connectivity index (χ1v) is 7.84. The highest BCUT2D eigenvalue weighted by molar-refractivity contribution is 5.55. The molecule has 1 aliphatic carbocycles. The van der Waals surface area contributed by atoms with E-state index in [1.54, 1.807) is 0 Å². The Morgan fingerprint density at radius 1 is 1.43 bits per heavy atom. The molecule has 3 N–H and O–H groups in total. The minimum absolute atomic E-state index is 0.140. The van der Waals surface area contributed by atoms with Gasteiger partial charge in [0.1, 0.15) is 0 Å². The fourth-order valence-corrected chi connectivity index (χ4v) is 3.94. The largest absolute Gasteiger partial charge is 0.375 e. The molecule has 4 rings (SSSR count). The lowest BCUT2D eigenvalue weighted by Gasteiger charge is -2.48. The van der Waals surface area contributed by atoms with Crippen LogP contribution >= 0.6 is 0 Å². The Morgan fingerprint density at radius 3 is 3.10 bits per heavy atom. The van der Waals surface area contributed by atoms with Crippen LogP contribution in [-0.2, 0) is 4.74 Å². The van der Waals surface area contributed by atoms with Crippen molar-refractivity contribution in [3.8, 4) is 0 Å². The van der Waals surface area contributed by atoms with E-state index < -0.39 is 0 Å². The molecule has 2 aromatic heterocycles. The van der Waals surface area contributed by atoms with Gasteiger partial charge in [-0.25, -0.2) is 4.52 Å². The summed E-state index contributed by atoms with van der Waals surface area (Å²) in [5.41, 5.74) is 5.51. The Bertz CT molecular complexity index is 634. The molecule has 3 heterocycles. The zero-order chi connectivity index (χ0) is 14.3. The molecule has 2 fully saturated rings. The second kappa shape index (κ2) is 5.09. The molecule has 112 valence electrons. The van der Waals surface area contributed by atoms with Crippen molar-refractivity contribution in [2.45, 2.75) is 43.7 Å². The molecule has 2 atom stereocenters. The fraction of sp³-hybridized carbons (Fsp3) is 0.562. The average molecular weight is 286 g/mol. The van der Waals surface area contributed by atoms with E-state index in [0.717, 1.165) is 25.0 Å². The maximum absolute atomic E-state index is 6.04. The standard InChI is InChI=1S/C16H22N4O/c17-19-15(12-5-9-21-16(10-12)6-3-7-16)13-11-18-20-8-2-1-4-14(13)20/h1-2,4,8,11-12,15,19H,3,5-7,9-10,17H2. The van der Waals surface area contributed by atoms with Crippen LogP contribution < -0.4 is 11.3 Å². The third-order valence-corrected chi connectivity index (χ3v) is 5.24. The number of nitrogens with one attached hydrogen (secondary N) is 1. The Kier molecular flexibility index (Phi) is 3.21. The summed E-state index contributed by atoms with van der Waals surface area (Å²) in [4.78, 5) is 0. The Morgan fingerprint density at radius 2 is 2.33 bits per heavy atom. The topological polar surface area (TPSA) is 64.6 Å².